The van der Waals surface area contributed by atoms with Gasteiger partial charge in [-0.3, -0.25) is 4.79 Å². The molecule has 0 bridgehead atoms. The molecule has 1 aromatic heterocycles. The molecule has 0 atom stereocenters. The number of methoxy groups -OCH3 is 1. The molecule has 0 aliphatic rings. The summed E-state index contributed by atoms with van der Waals surface area (Å²) in [5.74, 6) is -0.0953. The van der Waals surface area contributed by atoms with Crippen molar-refractivity contribution in [1.82, 2.24) is 14.8 Å². The molecular weight excluding hydrogens is 552 g/mol. The lowest BCUT2D eigenvalue weighted by Crippen LogP contribution is -2.13. The first-order valence-electron chi connectivity index (χ1n) is 12.8. The van der Waals surface area contributed by atoms with Crippen LogP contribution in [0.5, 0.6) is 11.8 Å². The van der Waals surface area contributed by atoms with Crippen molar-refractivity contribution in [3.05, 3.63) is 120 Å². The molecule has 4 aromatic carbocycles. The Balaban J connectivity index is 1.33. The van der Waals surface area contributed by atoms with Gasteiger partial charge in [0.2, 0.25) is 0 Å². The van der Waals surface area contributed by atoms with Gasteiger partial charge in [-0.05, 0) is 78.4 Å². The Morgan fingerprint density at radius 2 is 1.60 bits per heavy atom. The lowest BCUT2D eigenvalue weighted by atomic mass is 10.1. The molecule has 5 aromatic rings. The fourth-order valence-corrected chi connectivity index (χ4v) is 4.10. The highest BCUT2D eigenvalue weighted by Crippen LogP contribution is 2.30. The van der Waals surface area contributed by atoms with Crippen LogP contribution in [0.3, 0.4) is 0 Å². The van der Waals surface area contributed by atoms with E-state index in [0.717, 1.165) is 35.6 Å². The summed E-state index contributed by atoms with van der Waals surface area (Å²) in [6, 6.07) is 24.2. The third-order valence-corrected chi connectivity index (χ3v) is 6.33. The molecule has 11 heteroatoms. The first kappa shape index (κ1) is 28.3. The van der Waals surface area contributed by atoms with Crippen LogP contribution in [-0.2, 0) is 12.6 Å². The molecular formula is C31H24F4N4O3. The second kappa shape index (κ2) is 12.1. The molecule has 0 aliphatic heterocycles. The van der Waals surface area contributed by atoms with E-state index in [-0.39, 0.29) is 29.6 Å². The molecule has 0 aliphatic carbocycles. The second-order valence-electron chi connectivity index (χ2n) is 9.13. The molecule has 214 valence electrons. The minimum absolute atomic E-state index is 0.0569. The average Bonchev–Trinajstić information content (AvgIpc) is 3.41. The second-order valence-corrected chi connectivity index (χ2v) is 9.13. The smallest absolute Gasteiger partial charge is 0.416 e. The van der Waals surface area contributed by atoms with Crippen LogP contribution >= 0.6 is 0 Å². The maximum Gasteiger partial charge on any atom is 0.416 e. The van der Waals surface area contributed by atoms with Crippen LogP contribution in [0.1, 0.15) is 21.5 Å². The highest BCUT2D eigenvalue weighted by molar-refractivity contribution is 6.04. The number of amides is 1. The summed E-state index contributed by atoms with van der Waals surface area (Å²) in [5.41, 5.74) is 1.38. The van der Waals surface area contributed by atoms with Crippen molar-refractivity contribution in [3.63, 3.8) is 0 Å². The highest BCUT2D eigenvalue weighted by Gasteiger charge is 2.30. The summed E-state index contributed by atoms with van der Waals surface area (Å²) in [7, 11) is 1.60. The minimum atomic E-state index is -4.49. The predicted molar refractivity (Wildman–Crippen MR) is 148 cm³/mol. The zero-order chi connectivity index (χ0) is 29.7. The van der Waals surface area contributed by atoms with Crippen molar-refractivity contribution in [1.29, 1.82) is 0 Å². The van der Waals surface area contributed by atoms with E-state index in [1.165, 1.54) is 10.7 Å². The standard InChI is InChI=1S/C31H24F4N4O3/c1-41-25-16-6-20(7-17-25)18-19-42-30-37-28(26-4-2-3-5-27(26)32)39(38-30)24-14-12-23(13-15-24)36-29(40)21-8-10-22(11-9-21)31(33,34)35/h2-17H,18-19H2,1H3,(H,36,40). The summed E-state index contributed by atoms with van der Waals surface area (Å²) in [5, 5.41) is 7.09. The molecule has 0 radical (unpaired) electrons. The van der Waals surface area contributed by atoms with Crippen molar-refractivity contribution < 1.29 is 31.8 Å². The van der Waals surface area contributed by atoms with Crippen molar-refractivity contribution in [2.24, 2.45) is 0 Å². The van der Waals surface area contributed by atoms with Crippen molar-refractivity contribution >= 4 is 11.6 Å². The molecule has 0 spiro atoms. The maximum atomic E-state index is 14.7. The Morgan fingerprint density at radius 1 is 0.905 bits per heavy atom. The number of aromatic nitrogens is 3. The van der Waals surface area contributed by atoms with Gasteiger partial charge in [-0.15, -0.1) is 5.10 Å². The largest absolute Gasteiger partial charge is 0.497 e. The van der Waals surface area contributed by atoms with E-state index >= 15 is 0 Å². The lowest BCUT2D eigenvalue weighted by molar-refractivity contribution is -0.137. The van der Waals surface area contributed by atoms with E-state index in [9.17, 15) is 22.4 Å². The fourth-order valence-electron chi connectivity index (χ4n) is 4.10. The summed E-state index contributed by atoms with van der Waals surface area (Å²) in [4.78, 5) is 17.0. The van der Waals surface area contributed by atoms with Gasteiger partial charge in [0.15, 0.2) is 5.82 Å². The molecule has 7 nitrogen and oxygen atoms in total. The molecule has 0 unspecified atom stereocenters. The molecule has 0 fully saturated rings. The van der Waals surface area contributed by atoms with Gasteiger partial charge in [-0.2, -0.15) is 18.2 Å². The quantitative estimate of drug-likeness (QED) is 0.192. The zero-order valence-corrected chi connectivity index (χ0v) is 22.2. The Labute approximate surface area is 238 Å². The normalized spacial score (nSPS) is 11.3. The Morgan fingerprint density at radius 3 is 2.24 bits per heavy atom. The van der Waals surface area contributed by atoms with Crippen LogP contribution in [0.15, 0.2) is 97.1 Å². The zero-order valence-electron chi connectivity index (χ0n) is 22.2. The van der Waals surface area contributed by atoms with Crippen LogP contribution in [0.4, 0.5) is 23.2 Å². The van der Waals surface area contributed by atoms with E-state index in [2.05, 4.69) is 15.4 Å². The average molecular weight is 577 g/mol. The lowest BCUT2D eigenvalue weighted by Gasteiger charge is -2.10. The van der Waals surface area contributed by atoms with Gasteiger partial charge in [0.1, 0.15) is 11.6 Å². The number of ether oxygens (including phenoxy) is 2. The summed E-state index contributed by atoms with van der Waals surface area (Å²) >= 11 is 0. The van der Waals surface area contributed by atoms with E-state index in [0.29, 0.717) is 17.8 Å². The van der Waals surface area contributed by atoms with Gasteiger partial charge >= 0.3 is 12.2 Å². The van der Waals surface area contributed by atoms with Crippen molar-refractivity contribution in [3.8, 4) is 28.8 Å². The van der Waals surface area contributed by atoms with Crippen LogP contribution < -0.4 is 14.8 Å². The summed E-state index contributed by atoms with van der Waals surface area (Å²) in [6.45, 7) is 0.280. The van der Waals surface area contributed by atoms with Gasteiger partial charge in [0.05, 0.1) is 30.5 Å². The van der Waals surface area contributed by atoms with Crippen molar-refractivity contribution in [2.45, 2.75) is 12.6 Å². The number of rotatable bonds is 9. The SMILES string of the molecule is COc1ccc(CCOc2nc(-c3ccccc3F)n(-c3ccc(NC(=O)c4ccc(C(F)(F)F)cc4)cc3)n2)cc1. The summed E-state index contributed by atoms with van der Waals surface area (Å²) in [6.07, 6.45) is -3.91. The van der Waals surface area contributed by atoms with Gasteiger partial charge in [0.25, 0.3) is 5.91 Å². The van der Waals surface area contributed by atoms with E-state index in [4.69, 9.17) is 9.47 Å². The van der Waals surface area contributed by atoms with Gasteiger partial charge in [-0.1, -0.05) is 24.3 Å². The molecule has 1 heterocycles. The van der Waals surface area contributed by atoms with Gasteiger partial charge in [0, 0.05) is 17.7 Å². The fraction of sp³-hybridized carbons (Fsp3) is 0.129. The molecule has 0 saturated carbocycles. The minimum Gasteiger partial charge on any atom is -0.497 e. The molecule has 1 amide bonds. The monoisotopic (exact) mass is 576 g/mol. The Bertz CT molecular complexity index is 1670. The Kier molecular flexibility index (Phi) is 8.19. The Hall–Kier alpha value is -5.19. The number of nitrogens with one attached hydrogen (secondary N) is 1. The van der Waals surface area contributed by atoms with Crippen LogP contribution in [0.2, 0.25) is 0 Å². The molecule has 0 saturated heterocycles. The number of halogens is 4. The first-order valence-corrected chi connectivity index (χ1v) is 12.8. The topological polar surface area (TPSA) is 78.3 Å². The predicted octanol–water partition coefficient (Wildman–Crippen LogP) is 6.97. The first-order chi connectivity index (χ1) is 20.2. The van der Waals surface area contributed by atoms with E-state index in [1.807, 2.05) is 24.3 Å². The number of alkyl halides is 3. The number of nitrogens with zero attached hydrogens (tertiary/aromatic N) is 3. The molecule has 5 rings (SSSR count). The maximum absolute atomic E-state index is 14.7. The number of benzene rings is 4. The number of anilines is 1. The van der Waals surface area contributed by atoms with Crippen LogP contribution in [0.25, 0.3) is 17.1 Å². The summed E-state index contributed by atoms with van der Waals surface area (Å²) < 4.78 is 65.6. The van der Waals surface area contributed by atoms with Crippen LogP contribution in [0, 0.1) is 5.82 Å². The van der Waals surface area contributed by atoms with Crippen LogP contribution in [-0.4, -0.2) is 34.4 Å². The molecule has 1 N–H and O–H groups in total. The number of hydrogen-bond acceptors (Lipinski definition) is 5. The number of hydrogen-bond donors (Lipinski definition) is 1. The third kappa shape index (κ3) is 6.57. The number of carbonyl (C=O) groups is 1. The van der Waals surface area contributed by atoms with E-state index < -0.39 is 23.5 Å². The van der Waals surface area contributed by atoms with E-state index in [1.54, 1.807) is 49.6 Å². The van der Waals surface area contributed by atoms with Gasteiger partial charge in [-0.25, -0.2) is 9.07 Å². The van der Waals surface area contributed by atoms with Gasteiger partial charge < -0.3 is 14.8 Å². The van der Waals surface area contributed by atoms with Crippen molar-refractivity contribution in [2.75, 3.05) is 19.0 Å². The molecule has 42 heavy (non-hydrogen) atoms. The number of carbonyl (C=O) groups excluding carboxylic acids is 1. The third-order valence-electron chi connectivity index (χ3n) is 6.33. The highest BCUT2D eigenvalue weighted by atomic mass is 19.4.